The lowest BCUT2D eigenvalue weighted by atomic mass is 9.99. The third-order valence-electron chi connectivity index (χ3n) is 4.24. The van der Waals surface area contributed by atoms with Crippen molar-refractivity contribution in [3.05, 3.63) is 0 Å². The molecule has 2 unspecified atom stereocenters. The van der Waals surface area contributed by atoms with Gasteiger partial charge >= 0.3 is 0 Å². The minimum atomic E-state index is 0.798. The number of hydrogen-bond acceptors (Lipinski definition) is 2. The molecule has 1 rings (SSSR count). The predicted octanol–water partition coefficient (Wildman–Crippen LogP) is 3.52. The van der Waals surface area contributed by atoms with Gasteiger partial charge in [0.15, 0.2) is 0 Å². The van der Waals surface area contributed by atoms with Crippen LogP contribution in [-0.2, 0) is 0 Å². The number of likely N-dealkylation sites (tertiary alicyclic amines) is 1. The fourth-order valence-corrected chi connectivity index (χ4v) is 2.95. The maximum atomic E-state index is 3.69. The molecule has 1 aliphatic heterocycles. The highest BCUT2D eigenvalue weighted by atomic mass is 15.1. The van der Waals surface area contributed by atoms with E-state index in [1.54, 1.807) is 0 Å². The molecule has 0 amide bonds. The van der Waals surface area contributed by atoms with Crippen LogP contribution < -0.4 is 5.32 Å². The number of unbranched alkanes of at least 4 members (excludes halogenated alkanes) is 1. The van der Waals surface area contributed by atoms with E-state index < -0.39 is 0 Å². The SMILES string of the molecule is CCCCC(CC)CNCC(C)CN1CCCC1. The minimum Gasteiger partial charge on any atom is -0.316 e. The van der Waals surface area contributed by atoms with Crippen LogP contribution in [0.1, 0.15) is 59.3 Å². The molecule has 2 atom stereocenters. The van der Waals surface area contributed by atoms with Crippen LogP contribution in [0.5, 0.6) is 0 Å². The maximum absolute atomic E-state index is 3.69. The average Bonchev–Trinajstić information content (AvgIpc) is 2.86. The van der Waals surface area contributed by atoms with Crippen LogP contribution in [0, 0.1) is 11.8 Å². The van der Waals surface area contributed by atoms with E-state index in [1.165, 1.54) is 71.2 Å². The van der Waals surface area contributed by atoms with E-state index >= 15 is 0 Å². The van der Waals surface area contributed by atoms with Crippen LogP contribution in [0.15, 0.2) is 0 Å². The van der Waals surface area contributed by atoms with E-state index in [1.807, 2.05) is 0 Å². The molecule has 0 saturated carbocycles. The van der Waals surface area contributed by atoms with Gasteiger partial charge in [-0.2, -0.15) is 0 Å². The quantitative estimate of drug-likeness (QED) is 0.641. The predicted molar refractivity (Wildman–Crippen MR) is 81.0 cm³/mol. The zero-order chi connectivity index (χ0) is 13.2. The third kappa shape index (κ3) is 6.75. The van der Waals surface area contributed by atoms with E-state index in [0.29, 0.717) is 0 Å². The van der Waals surface area contributed by atoms with Gasteiger partial charge in [-0.15, -0.1) is 0 Å². The van der Waals surface area contributed by atoms with Gasteiger partial charge in [-0.3, -0.25) is 0 Å². The fourth-order valence-electron chi connectivity index (χ4n) is 2.95. The number of hydrogen-bond donors (Lipinski definition) is 1. The molecule has 1 fully saturated rings. The van der Waals surface area contributed by atoms with Crippen molar-refractivity contribution in [1.82, 2.24) is 10.2 Å². The molecule has 1 saturated heterocycles. The second-order valence-electron chi connectivity index (χ2n) is 6.19. The van der Waals surface area contributed by atoms with E-state index in [4.69, 9.17) is 0 Å². The van der Waals surface area contributed by atoms with Crippen LogP contribution in [-0.4, -0.2) is 37.6 Å². The van der Waals surface area contributed by atoms with Crippen LogP contribution >= 0.6 is 0 Å². The minimum absolute atomic E-state index is 0.798. The van der Waals surface area contributed by atoms with Crippen molar-refractivity contribution in [2.24, 2.45) is 11.8 Å². The molecule has 0 spiro atoms. The summed E-state index contributed by atoms with van der Waals surface area (Å²) in [5.41, 5.74) is 0. The molecule has 0 radical (unpaired) electrons. The van der Waals surface area contributed by atoms with Crippen molar-refractivity contribution in [3.8, 4) is 0 Å². The second-order valence-corrected chi connectivity index (χ2v) is 6.19. The first-order chi connectivity index (χ1) is 8.76. The molecule has 0 bridgehead atoms. The molecular weight excluding hydrogens is 220 g/mol. The van der Waals surface area contributed by atoms with Crippen molar-refractivity contribution in [2.45, 2.75) is 59.3 Å². The lowest BCUT2D eigenvalue weighted by Crippen LogP contribution is -2.33. The summed E-state index contributed by atoms with van der Waals surface area (Å²) in [5, 5.41) is 3.69. The Morgan fingerprint density at radius 2 is 1.83 bits per heavy atom. The highest BCUT2D eigenvalue weighted by Gasteiger charge is 2.14. The standard InChI is InChI=1S/C16H34N2/c1-4-6-9-16(5-2)13-17-12-15(3)14-18-10-7-8-11-18/h15-17H,4-14H2,1-3H3. The first-order valence-electron chi connectivity index (χ1n) is 8.19. The Kier molecular flexibility index (Phi) is 8.70. The molecule has 1 aliphatic rings. The molecule has 1 heterocycles. The van der Waals surface area contributed by atoms with Crippen molar-refractivity contribution in [3.63, 3.8) is 0 Å². The van der Waals surface area contributed by atoms with Gasteiger partial charge in [-0.05, 0) is 57.3 Å². The van der Waals surface area contributed by atoms with Crippen molar-refractivity contribution in [1.29, 1.82) is 0 Å². The summed E-state index contributed by atoms with van der Waals surface area (Å²) in [6.07, 6.45) is 8.28. The zero-order valence-corrected chi connectivity index (χ0v) is 12.9. The van der Waals surface area contributed by atoms with Crippen molar-refractivity contribution >= 4 is 0 Å². The summed E-state index contributed by atoms with van der Waals surface area (Å²) in [4.78, 5) is 2.63. The number of rotatable bonds is 10. The van der Waals surface area contributed by atoms with Gasteiger partial charge in [-0.25, -0.2) is 0 Å². The summed E-state index contributed by atoms with van der Waals surface area (Å²) < 4.78 is 0. The lowest BCUT2D eigenvalue weighted by molar-refractivity contribution is 0.278. The van der Waals surface area contributed by atoms with E-state index in [0.717, 1.165) is 11.8 Å². The van der Waals surface area contributed by atoms with Gasteiger partial charge in [0.2, 0.25) is 0 Å². The fraction of sp³-hybridized carbons (Fsp3) is 1.00. The van der Waals surface area contributed by atoms with Crippen molar-refractivity contribution < 1.29 is 0 Å². The molecule has 18 heavy (non-hydrogen) atoms. The molecule has 1 N–H and O–H groups in total. The van der Waals surface area contributed by atoms with Gasteiger partial charge in [0.1, 0.15) is 0 Å². The number of nitrogens with zero attached hydrogens (tertiary/aromatic N) is 1. The zero-order valence-electron chi connectivity index (χ0n) is 12.9. The molecule has 0 aromatic carbocycles. The van der Waals surface area contributed by atoms with Crippen LogP contribution in [0.25, 0.3) is 0 Å². The average molecular weight is 254 g/mol. The summed E-state index contributed by atoms with van der Waals surface area (Å²) in [7, 11) is 0. The van der Waals surface area contributed by atoms with Crippen molar-refractivity contribution in [2.75, 3.05) is 32.7 Å². The molecule has 2 nitrogen and oxygen atoms in total. The topological polar surface area (TPSA) is 15.3 Å². The van der Waals surface area contributed by atoms with Crippen LogP contribution in [0.3, 0.4) is 0 Å². The van der Waals surface area contributed by atoms with Gasteiger partial charge in [0.05, 0.1) is 0 Å². The molecule has 0 aromatic rings. The summed E-state index contributed by atoms with van der Waals surface area (Å²) >= 11 is 0. The summed E-state index contributed by atoms with van der Waals surface area (Å²) in [6.45, 7) is 13.4. The Bertz CT molecular complexity index is 188. The van der Waals surface area contributed by atoms with E-state index in [9.17, 15) is 0 Å². The van der Waals surface area contributed by atoms with Gasteiger partial charge in [0, 0.05) is 6.54 Å². The van der Waals surface area contributed by atoms with E-state index in [2.05, 4.69) is 31.0 Å². The number of nitrogens with one attached hydrogen (secondary N) is 1. The second kappa shape index (κ2) is 9.80. The normalized spacial score (nSPS) is 20.2. The van der Waals surface area contributed by atoms with Gasteiger partial charge in [-0.1, -0.05) is 40.0 Å². The monoisotopic (exact) mass is 254 g/mol. The van der Waals surface area contributed by atoms with Crippen LogP contribution in [0.4, 0.5) is 0 Å². The summed E-state index contributed by atoms with van der Waals surface area (Å²) in [5.74, 6) is 1.69. The molecule has 0 aromatic heterocycles. The highest BCUT2D eigenvalue weighted by molar-refractivity contribution is 4.70. The molecule has 0 aliphatic carbocycles. The molecule has 108 valence electrons. The first kappa shape index (κ1) is 16.0. The molecular formula is C16H34N2. The largest absolute Gasteiger partial charge is 0.316 e. The summed E-state index contributed by atoms with van der Waals surface area (Å²) in [6, 6.07) is 0. The Morgan fingerprint density at radius 1 is 1.11 bits per heavy atom. The van der Waals surface area contributed by atoms with Gasteiger partial charge in [0.25, 0.3) is 0 Å². The Labute approximate surface area is 115 Å². The van der Waals surface area contributed by atoms with Crippen LogP contribution in [0.2, 0.25) is 0 Å². The first-order valence-corrected chi connectivity index (χ1v) is 8.19. The highest BCUT2D eigenvalue weighted by Crippen LogP contribution is 2.12. The Balaban J connectivity index is 2.03. The maximum Gasteiger partial charge on any atom is 0.00191 e. The molecule has 2 heteroatoms. The van der Waals surface area contributed by atoms with E-state index in [-0.39, 0.29) is 0 Å². The Morgan fingerprint density at radius 3 is 2.44 bits per heavy atom. The van der Waals surface area contributed by atoms with Gasteiger partial charge < -0.3 is 10.2 Å². The lowest BCUT2D eigenvalue weighted by Gasteiger charge is -2.22. The smallest absolute Gasteiger partial charge is 0.00191 e. The Hall–Kier alpha value is -0.0800. The third-order valence-corrected chi connectivity index (χ3v) is 4.24.